The summed E-state index contributed by atoms with van der Waals surface area (Å²) in [4.78, 5) is 8.87. The zero-order valence-electron chi connectivity index (χ0n) is 6.99. The van der Waals surface area contributed by atoms with Crippen LogP contribution in [0.15, 0.2) is 0 Å². The van der Waals surface area contributed by atoms with Crippen LogP contribution in [0.4, 0.5) is 0 Å². The molecule has 3 N–H and O–H groups in total. The van der Waals surface area contributed by atoms with Crippen LogP contribution >= 0.6 is 8.18 Å². The summed E-state index contributed by atoms with van der Waals surface area (Å²) in [6.07, 6.45) is 0. The van der Waals surface area contributed by atoms with Gasteiger partial charge in [-0.25, -0.2) is 0 Å². The van der Waals surface area contributed by atoms with E-state index in [1.54, 1.807) is 4.67 Å². The molecule has 1 saturated heterocycles. The van der Waals surface area contributed by atoms with Crippen LogP contribution in [0.2, 0.25) is 0 Å². The molecule has 0 aromatic carbocycles. The van der Waals surface area contributed by atoms with Crippen LogP contribution in [0.25, 0.3) is 0 Å². The first-order valence-corrected chi connectivity index (χ1v) is 5.29. The predicted molar refractivity (Wildman–Crippen MR) is 47.1 cm³/mol. The van der Waals surface area contributed by atoms with Gasteiger partial charge in [0, 0.05) is 26.2 Å². The lowest BCUT2D eigenvalue weighted by molar-refractivity contribution is 0.370. The van der Waals surface area contributed by atoms with Crippen LogP contribution in [0.1, 0.15) is 0 Å². The average Bonchev–Trinajstić information content (AvgIpc) is 2.15. The molecule has 0 spiro atoms. The number of hydrogen-bond donors (Lipinski definition) is 3. The van der Waals surface area contributed by atoms with Crippen LogP contribution in [-0.2, 0) is 4.57 Å². The van der Waals surface area contributed by atoms with Crippen molar-refractivity contribution in [1.29, 1.82) is 0 Å². The second-order valence-corrected chi connectivity index (χ2v) is 3.78. The Morgan fingerprint density at radius 1 is 1.08 bits per heavy atom. The van der Waals surface area contributed by atoms with Crippen molar-refractivity contribution < 1.29 is 9.46 Å². The fourth-order valence-corrected chi connectivity index (χ4v) is 1.67. The number of nitrogens with zero attached hydrogens (tertiary/aromatic N) is 1. The van der Waals surface area contributed by atoms with E-state index < -0.39 is 8.18 Å². The largest absolute Gasteiger partial charge is 0.613 e. The van der Waals surface area contributed by atoms with Crippen LogP contribution in [0.3, 0.4) is 0 Å². The minimum atomic E-state index is -2.16. The van der Waals surface area contributed by atoms with E-state index in [9.17, 15) is 4.57 Å². The molecule has 6 heteroatoms. The number of rotatable bonds is 1. The van der Waals surface area contributed by atoms with E-state index in [0.29, 0.717) is 13.1 Å². The monoisotopic (exact) mass is 192 g/mol. The lowest BCUT2D eigenvalue weighted by atomic mass is 10.5. The van der Waals surface area contributed by atoms with Crippen molar-refractivity contribution in [1.82, 2.24) is 15.3 Å². The minimum Gasteiger partial charge on any atom is -0.314 e. The molecule has 0 saturated carbocycles. The van der Waals surface area contributed by atoms with Crippen molar-refractivity contribution >= 4 is 8.18 Å². The van der Waals surface area contributed by atoms with E-state index in [4.69, 9.17) is 4.89 Å². The third-order valence-corrected chi connectivity index (χ3v) is 2.70. The Morgan fingerprint density at radius 3 is 2.00 bits per heavy atom. The normalized spacial score (nSPS) is 23.9. The molecule has 1 heterocycles. The summed E-state index contributed by atoms with van der Waals surface area (Å²) in [7, 11) is -2.16. The molecule has 0 radical (unpaired) electrons. The molecule has 0 bridgehead atoms. The lowest BCUT2D eigenvalue weighted by Gasteiger charge is -2.05. The highest BCUT2D eigenvalue weighted by atomic mass is 31.1. The van der Waals surface area contributed by atoms with Crippen molar-refractivity contribution in [2.24, 2.45) is 0 Å². The van der Waals surface area contributed by atoms with E-state index in [0.717, 1.165) is 26.2 Å². The van der Waals surface area contributed by atoms with Crippen LogP contribution in [0, 0.1) is 0 Å². The quantitative estimate of drug-likeness (QED) is 0.471. The number of nitrogens with one attached hydrogen (secondary N) is 2. The minimum absolute atomic E-state index is 0.646. The molecule has 5 nitrogen and oxygen atoms in total. The molecule has 70 valence electrons. The van der Waals surface area contributed by atoms with Gasteiger partial charge in [0.15, 0.2) is 0 Å². The molecule has 1 fully saturated rings. The van der Waals surface area contributed by atoms with E-state index in [1.165, 1.54) is 0 Å². The fraction of sp³-hybridized carbons (Fsp3) is 1.00. The highest BCUT2D eigenvalue weighted by Gasteiger charge is 2.24. The van der Waals surface area contributed by atoms with Crippen molar-refractivity contribution in [3.05, 3.63) is 0 Å². The zero-order chi connectivity index (χ0) is 8.81. The van der Waals surface area contributed by atoms with Gasteiger partial charge in [0.1, 0.15) is 0 Å². The van der Waals surface area contributed by atoms with E-state index >= 15 is 0 Å². The first kappa shape index (κ1) is 10.0. The maximum Gasteiger partial charge on any atom is 0.613 e. The number of hydrogen-bond acceptors (Lipinski definition) is 3. The second kappa shape index (κ2) is 5.56. The smallest absolute Gasteiger partial charge is 0.314 e. The lowest BCUT2D eigenvalue weighted by Crippen LogP contribution is -2.28. The van der Waals surface area contributed by atoms with Gasteiger partial charge < -0.3 is 10.6 Å². The Hall–Kier alpha value is -0.0600. The molecular weight excluding hydrogens is 177 g/mol. The Labute approximate surface area is 73.1 Å². The van der Waals surface area contributed by atoms with E-state index in [2.05, 4.69) is 10.6 Å². The van der Waals surface area contributed by atoms with E-state index in [1.807, 2.05) is 0 Å². The predicted octanol–water partition coefficient (Wildman–Crippen LogP) is -0.869. The third kappa shape index (κ3) is 3.56. The van der Waals surface area contributed by atoms with Gasteiger partial charge in [0.05, 0.1) is 13.1 Å². The molecule has 1 unspecified atom stereocenters. The summed E-state index contributed by atoms with van der Waals surface area (Å²) in [6.45, 7) is 4.71. The molecule has 1 atom stereocenters. The van der Waals surface area contributed by atoms with Crippen molar-refractivity contribution in [2.75, 3.05) is 39.3 Å². The average molecular weight is 192 g/mol. The molecule has 1 aliphatic rings. The fourth-order valence-electron chi connectivity index (χ4n) is 1.13. The van der Waals surface area contributed by atoms with Crippen molar-refractivity contribution in [3.8, 4) is 0 Å². The van der Waals surface area contributed by atoms with E-state index in [-0.39, 0.29) is 0 Å². The van der Waals surface area contributed by atoms with Crippen LogP contribution in [0.5, 0.6) is 0 Å². The van der Waals surface area contributed by atoms with Crippen LogP contribution in [-0.4, -0.2) is 48.8 Å². The molecule has 0 aliphatic carbocycles. The van der Waals surface area contributed by atoms with Crippen molar-refractivity contribution in [3.63, 3.8) is 0 Å². The Bertz CT molecular complexity index is 146. The summed E-state index contributed by atoms with van der Waals surface area (Å²) in [5.41, 5.74) is 0. The Morgan fingerprint density at radius 2 is 1.58 bits per heavy atom. The van der Waals surface area contributed by atoms with Gasteiger partial charge >= 0.3 is 8.18 Å². The first-order chi connectivity index (χ1) is 5.80. The molecule has 12 heavy (non-hydrogen) atoms. The first-order valence-electron chi connectivity index (χ1n) is 4.13. The summed E-state index contributed by atoms with van der Waals surface area (Å²) in [5, 5.41) is 6.34. The van der Waals surface area contributed by atoms with Gasteiger partial charge in [0.2, 0.25) is 0 Å². The summed E-state index contributed by atoms with van der Waals surface area (Å²) < 4.78 is 12.3. The highest BCUT2D eigenvalue weighted by Crippen LogP contribution is 2.19. The van der Waals surface area contributed by atoms with Gasteiger partial charge in [-0.2, -0.15) is 0 Å². The topological polar surface area (TPSA) is 64.6 Å². The summed E-state index contributed by atoms with van der Waals surface area (Å²) >= 11 is 0. The second-order valence-electron chi connectivity index (χ2n) is 2.71. The molecule has 1 rings (SSSR count). The summed E-state index contributed by atoms with van der Waals surface area (Å²) in [6, 6.07) is 0. The Kier molecular flexibility index (Phi) is 4.65. The SMILES string of the molecule is O=[P+](O)N1CCNCCNCC1. The van der Waals surface area contributed by atoms with Crippen molar-refractivity contribution in [2.45, 2.75) is 0 Å². The van der Waals surface area contributed by atoms with Crippen LogP contribution < -0.4 is 10.6 Å². The molecule has 0 aromatic rings. The molecular formula is C6H15N3O2P+. The van der Waals surface area contributed by atoms with Gasteiger partial charge in [-0.15, -0.1) is 4.89 Å². The molecule has 0 amide bonds. The Balaban J connectivity index is 2.33. The standard InChI is InChI=1S/C6H14N3O2P/c10-12(11)9-5-3-7-1-2-8-4-6-9/h7-8H,1-6H2/p+1. The maximum absolute atomic E-state index is 10.8. The maximum atomic E-state index is 10.8. The van der Waals surface area contributed by atoms with Gasteiger partial charge in [-0.1, -0.05) is 4.67 Å². The molecule has 0 aromatic heterocycles. The van der Waals surface area contributed by atoms with Gasteiger partial charge in [-0.3, -0.25) is 0 Å². The highest BCUT2D eigenvalue weighted by molar-refractivity contribution is 7.35. The van der Waals surface area contributed by atoms with Gasteiger partial charge in [-0.05, 0) is 4.57 Å². The third-order valence-electron chi connectivity index (χ3n) is 1.81. The zero-order valence-corrected chi connectivity index (χ0v) is 7.89. The molecule has 1 aliphatic heterocycles. The summed E-state index contributed by atoms with van der Waals surface area (Å²) in [5.74, 6) is 0. The van der Waals surface area contributed by atoms with Gasteiger partial charge in [0.25, 0.3) is 0 Å².